The van der Waals surface area contributed by atoms with Crippen molar-refractivity contribution in [1.82, 2.24) is 4.90 Å². The first-order chi connectivity index (χ1) is 5.67. The normalized spacial score (nSPS) is 41.6. The summed E-state index contributed by atoms with van der Waals surface area (Å²) >= 11 is 0. The molecule has 0 radical (unpaired) electrons. The van der Waals surface area contributed by atoms with Crippen LogP contribution in [0.1, 0.15) is 12.8 Å². The van der Waals surface area contributed by atoms with Crippen molar-refractivity contribution >= 4 is 5.97 Å². The van der Waals surface area contributed by atoms with Crippen LogP contribution in [0.5, 0.6) is 0 Å². The first-order valence-corrected chi connectivity index (χ1v) is 4.21. The highest BCUT2D eigenvalue weighted by Crippen LogP contribution is 2.36. The van der Waals surface area contributed by atoms with E-state index in [9.17, 15) is 4.79 Å². The molecule has 2 bridgehead atoms. The van der Waals surface area contributed by atoms with Crippen LogP contribution in [0.25, 0.3) is 0 Å². The van der Waals surface area contributed by atoms with Crippen molar-refractivity contribution in [2.75, 3.05) is 20.3 Å². The molecule has 0 aromatic heterocycles. The number of likely N-dealkylation sites (N-methyl/N-ethyl adjacent to an activating group) is 1. The van der Waals surface area contributed by atoms with Gasteiger partial charge >= 0.3 is 5.97 Å². The number of carboxylic acid groups (broad SMARTS) is 1. The number of hydrogen-bond acceptors (Lipinski definition) is 3. The molecule has 0 saturated carbocycles. The van der Waals surface area contributed by atoms with E-state index in [1.165, 1.54) is 0 Å². The Kier molecular flexibility index (Phi) is 1.63. The van der Waals surface area contributed by atoms with Gasteiger partial charge in [0, 0.05) is 6.04 Å². The van der Waals surface area contributed by atoms with Crippen LogP contribution in [0, 0.1) is 0 Å². The lowest BCUT2D eigenvalue weighted by atomic mass is 9.98. The molecule has 4 nitrogen and oxygen atoms in total. The number of fused-ring (bicyclic) bond motifs is 2. The van der Waals surface area contributed by atoms with Crippen molar-refractivity contribution in [3.63, 3.8) is 0 Å². The first-order valence-electron chi connectivity index (χ1n) is 4.21. The number of aliphatic carboxylic acids is 1. The van der Waals surface area contributed by atoms with E-state index < -0.39 is 11.5 Å². The Bertz CT molecular complexity index is 214. The van der Waals surface area contributed by atoms with Gasteiger partial charge in [-0.05, 0) is 19.9 Å². The summed E-state index contributed by atoms with van der Waals surface area (Å²) in [4.78, 5) is 13.0. The maximum absolute atomic E-state index is 11.0. The molecular formula is C8H13NO3. The fraction of sp³-hybridized carbons (Fsp3) is 0.875. The molecule has 2 rings (SSSR count). The van der Waals surface area contributed by atoms with E-state index in [1.54, 1.807) is 0 Å². The summed E-state index contributed by atoms with van der Waals surface area (Å²) in [6, 6.07) is 0.315. The van der Waals surface area contributed by atoms with Gasteiger partial charge < -0.3 is 9.84 Å². The third kappa shape index (κ3) is 0.820. The molecule has 0 spiro atoms. The largest absolute Gasteiger partial charge is 0.480 e. The van der Waals surface area contributed by atoms with E-state index in [-0.39, 0.29) is 0 Å². The van der Waals surface area contributed by atoms with E-state index in [0.717, 1.165) is 12.8 Å². The van der Waals surface area contributed by atoms with Crippen molar-refractivity contribution in [2.24, 2.45) is 0 Å². The van der Waals surface area contributed by atoms with E-state index in [2.05, 4.69) is 0 Å². The lowest BCUT2D eigenvalue weighted by Gasteiger charge is -2.38. The fourth-order valence-electron chi connectivity index (χ4n) is 2.18. The Morgan fingerprint density at radius 2 is 2.50 bits per heavy atom. The summed E-state index contributed by atoms with van der Waals surface area (Å²) in [5, 5.41) is 9.06. The minimum Gasteiger partial charge on any atom is -0.480 e. The van der Waals surface area contributed by atoms with Gasteiger partial charge in [-0.25, -0.2) is 0 Å². The second kappa shape index (κ2) is 2.44. The van der Waals surface area contributed by atoms with Crippen molar-refractivity contribution < 1.29 is 14.6 Å². The molecule has 0 aromatic rings. The minimum atomic E-state index is -0.743. The Balaban J connectivity index is 2.29. The van der Waals surface area contributed by atoms with Crippen molar-refractivity contribution in [1.29, 1.82) is 0 Å². The number of nitrogens with zero attached hydrogens (tertiary/aromatic N) is 1. The summed E-state index contributed by atoms with van der Waals surface area (Å²) in [5.74, 6) is -0.743. The maximum atomic E-state index is 11.0. The van der Waals surface area contributed by atoms with Crippen LogP contribution in [-0.4, -0.2) is 47.8 Å². The molecule has 12 heavy (non-hydrogen) atoms. The van der Waals surface area contributed by atoms with Gasteiger partial charge in [-0.2, -0.15) is 0 Å². The zero-order chi connectivity index (χ0) is 8.77. The molecule has 2 fully saturated rings. The van der Waals surface area contributed by atoms with Crippen LogP contribution >= 0.6 is 0 Å². The molecule has 2 aliphatic heterocycles. The van der Waals surface area contributed by atoms with Crippen LogP contribution in [0.2, 0.25) is 0 Å². The number of morpholine rings is 1. The minimum absolute atomic E-state index is 0.315. The predicted octanol–water partition coefficient (Wildman–Crippen LogP) is -0.0658. The third-order valence-electron chi connectivity index (χ3n) is 3.16. The van der Waals surface area contributed by atoms with E-state index in [0.29, 0.717) is 19.3 Å². The van der Waals surface area contributed by atoms with Crippen molar-refractivity contribution in [3.05, 3.63) is 0 Å². The highest BCUT2D eigenvalue weighted by molar-refractivity contribution is 5.79. The van der Waals surface area contributed by atoms with Gasteiger partial charge in [0.2, 0.25) is 0 Å². The fourth-order valence-corrected chi connectivity index (χ4v) is 2.18. The quantitative estimate of drug-likeness (QED) is 0.600. The summed E-state index contributed by atoms with van der Waals surface area (Å²) in [6.45, 7) is 1.03. The van der Waals surface area contributed by atoms with Crippen LogP contribution in [0.3, 0.4) is 0 Å². The average Bonchev–Trinajstić information content (AvgIpc) is 2.28. The SMILES string of the molecule is CN1C2CCC1(C(=O)O)COC2. The van der Waals surface area contributed by atoms with Crippen LogP contribution in [0.15, 0.2) is 0 Å². The molecule has 2 heterocycles. The monoisotopic (exact) mass is 171 g/mol. The molecule has 2 unspecified atom stereocenters. The highest BCUT2D eigenvalue weighted by atomic mass is 16.5. The molecule has 68 valence electrons. The third-order valence-corrected chi connectivity index (χ3v) is 3.16. The molecule has 0 aromatic carbocycles. The highest BCUT2D eigenvalue weighted by Gasteiger charge is 2.53. The first kappa shape index (κ1) is 8.01. The number of ether oxygens (including phenoxy) is 1. The van der Waals surface area contributed by atoms with E-state index in [1.807, 2.05) is 11.9 Å². The van der Waals surface area contributed by atoms with Gasteiger partial charge in [0.15, 0.2) is 0 Å². The number of carboxylic acids is 1. The predicted molar refractivity (Wildman–Crippen MR) is 42.0 cm³/mol. The second-order valence-corrected chi connectivity index (χ2v) is 3.66. The van der Waals surface area contributed by atoms with Gasteiger partial charge in [0.1, 0.15) is 5.54 Å². The summed E-state index contributed by atoms with van der Waals surface area (Å²) < 4.78 is 5.27. The van der Waals surface area contributed by atoms with E-state index >= 15 is 0 Å². The summed E-state index contributed by atoms with van der Waals surface area (Å²) in [7, 11) is 1.88. The number of hydrogen-bond donors (Lipinski definition) is 1. The molecule has 0 aliphatic carbocycles. The van der Waals surface area contributed by atoms with Gasteiger partial charge in [-0.3, -0.25) is 9.69 Å². The Hall–Kier alpha value is -0.610. The Labute approximate surface area is 71.1 Å². The van der Waals surface area contributed by atoms with Crippen molar-refractivity contribution in [2.45, 2.75) is 24.4 Å². The van der Waals surface area contributed by atoms with Crippen molar-refractivity contribution in [3.8, 4) is 0 Å². The average molecular weight is 171 g/mol. The van der Waals surface area contributed by atoms with Gasteiger partial charge in [0.05, 0.1) is 13.2 Å². The maximum Gasteiger partial charge on any atom is 0.326 e. The van der Waals surface area contributed by atoms with Crippen LogP contribution < -0.4 is 0 Å². The Morgan fingerprint density at radius 1 is 1.75 bits per heavy atom. The number of carbonyl (C=O) groups is 1. The lowest BCUT2D eigenvalue weighted by molar-refractivity contribution is -0.160. The molecule has 2 atom stereocenters. The molecule has 0 amide bonds. The zero-order valence-electron chi connectivity index (χ0n) is 7.12. The molecule has 4 heteroatoms. The van der Waals surface area contributed by atoms with E-state index in [4.69, 9.17) is 9.84 Å². The van der Waals surface area contributed by atoms with Crippen LogP contribution in [0.4, 0.5) is 0 Å². The smallest absolute Gasteiger partial charge is 0.326 e. The summed E-state index contributed by atoms with van der Waals surface area (Å²) in [5.41, 5.74) is -0.719. The molecular weight excluding hydrogens is 158 g/mol. The zero-order valence-corrected chi connectivity index (χ0v) is 7.12. The second-order valence-electron chi connectivity index (χ2n) is 3.66. The van der Waals surface area contributed by atoms with Gasteiger partial charge in [-0.1, -0.05) is 0 Å². The summed E-state index contributed by atoms with van der Waals surface area (Å²) in [6.07, 6.45) is 1.67. The lowest BCUT2D eigenvalue weighted by Crippen LogP contribution is -2.58. The molecule has 1 N–H and O–H groups in total. The van der Waals surface area contributed by atoms with Gasteiger partial charge in [-0.15, -0.1) is 0 Å². The Morgan fingerprint density at radius 3 is 3.08 bits per heavy atom. The molecule has 2 saturated heterocycles. The number of rotatable bonds is 1. The molecule has 2 aliphatic rings. The van der Waals surface area contributed by atoms with Crippen LogP contribution in [-0.2, 0) is 9.53 Å². The standard InChI is InChI=1S/C8H13NO3/c1-9-6-2-3-8(9,7(10)11)5-12-4-6/h6H,2-5H2,1H3,(H,10,11). The van der Waals surface area contributed by atoms with Gasteiger partial charge in [0.25, 0.3) is 0 Å². The topological polar surface area (TPSA) is 49.8 Å².